The molecule has 0 unspecified atom stereocenters. The molecule has 0 fully saturated rings. The first-order valence-electron chi connectivity index (χ1n) is 5.73. The number of nitrogens with zero attached hydrogens (tertiary/aromatic N) is 2. The summed E-state index contributed by atoms with van der Waals surface area (Å²) in [6.45, 7) is 1.92. The number of hydrogen-bond acceptors (Lipinski definition) is 2. The van der Waals surface area contributed by atoms with Crippen molar-refractivity contribution in [2.75, 3.05) is 11.9 Å². The smallest absolute Gasteiger partial charge is 0.183 e. The molecule has 0 aliphatic heterocycles. The van der Waals surface area contributed by atoms with Crippen LogP contribution in [0.5, 0.6) is 0 Å². The van der Waals surface area contributed by atoms with E-state index >= 15 is 0 Å². The molecular weight excluding hydrogens is 246 g/mol. The monoisotopic (exact) mass is 258 g/mol. The first-order chi connectivity index (χ1) is 9.04. The zero-order valence-electron chi connectivity index (χ0n) is 10.6. The second-order valence-corrected chi connectivity index (χ2v) is 4.27. The van der Waals surface area contributed by atoms with Crippen molar-refractivity contribution >= 4 is 11.4 Å². The predicted octanol–water partition coefficient (Wildman–Crippen LogP) is 3.91. The van der Waals surface area contributed by atoms with E-state index in [0.29, 0.717) is 0 Å². The highest BCUT2D eigenvalue weighted by Crippen LogP contribution is 2.29. The Hall–Kier alpha value is -2.41. The van der Waals surface area contributed by atoms with Crippen molar-refractivity contribution in [1.29, 1.82) is 5.26 Å². The standard InChI is InChI=1S/C15H12F2N2/c1-10-4-3-5-12(8-10)19(2)13-7-6-11(9-18)14(16)15(13)17/h3-8H,1-2H3. The fourth-order valence-electron chi connectivity index (χ4n) is 1.86. The van der Waals surface area contributed by atoms with Gasteiger partial charge in [0.05, 0.1) is 11.3 Å². The summed E-state index contributed by atoms with van der Waals surface area (Å²) in [6.07, 6.45) is 0. The van der Waals surface area contributed by atoms with Gasteiger partial charge < -0.3 is 4.90 Å². The van der Waals surface area contributed by atoms with Crippen molar-refractivity contribution in [3.63, 3.8) is 0 Å². The molecule has 96 valence electrons. The molecule has 0 heterocycles. The second kappa shape index (κ2) is 5.07. The van der Waals surface area contributed by atoms with Gasteiger partial charge >= 0.3 is 0 Å². The lowest BCUT2D eigenvalue weighted by Crippen LogP contribution is -2.12. The van der Waals surface area contributed by atoms with Crippen molar-refractivity contribution in [1.82, 2.24) is 0 Å². The van der Waals surface area contributed by atoms with Crippen LogP contribution in [0.2, 0.25) is 0 Å². The Balaban J connectivity index is 2.48. The lowest BCUT2D eigenvalue weighted by atomic mass is 10.1. The van der Waals surface area contributed by atoms with Crippen LogP contribution < -0.4 is 4.90 Å². The van der Waals surface area contributed by atoms with Gasteiger partial charge in [0.15, 0.2) is 11.6 Å². The van der Waals surface area contributed by atoms with Crippen LogP contribution in [-0.2, 0) is 0 Å². The molecule has 2 aromatic rings. The van der Waals surface area contributed by atoms with Gasteiger partial charge in [0, 0.05) is 12.7 Å². The Morgan fingerprint density at radius 1 is 1.11 bits per heavy atom. The van der Waals surface area contributed by atoms with Crippen molar-refractivity contribution in [2.45, 2.75) is 6.92 Å². The third-order valence-corrected chi connectivity index (χ3v) is 2.93. The summed E-state index contributed by atoms with van der Waals surface area (Å²) in [7, 11) is 1.65. The van der Waals surface area contributed by atoms with Gasteiger partial charge in [-0.25, -0.2) is 8.78 Å². The Labute approximate surface area is 110 Å². The Morgan fingerprint density at radius 3 is 2.47 bits per heavy atom. The van der Waals surface area contributed by atoms with E-state index in [0.717, 1.165) is 11.3 Å². The van der Waals surface area contributed by atoms with Gasteiger partial charge in [-0.3, -0.25) is 0 Å². The minimum Gasteiger partial charge on any atom is -0.342 e. The van der Waals surface area contributed by atoms with Crippen molar-refractivity contribution in [3.05, 3.63) is 59.2 Å². The molecule has 0 spiro atoms. The number of aryl methyl sites for hydroxylation is 1. The summed E-state index contributed by atoms with van der Waals surface area (Å²) in [5, 5.41) is 8.66. The molecule has 0 aliphatic carbocycles. The average Bonchev–Trinajstić information content (AvgIpc) is 2.41. The molecule has 0 saturated heterocycles. The molecule has 2 rings (SSSR count). The van der Waals surface area contributed by atoms with E-state index < -0.39 is 11.6 Å². The minimum absolute atomic E-state index is 0.0992. The van der Waals surface area contributed by atoms with Crippen LogP contribution in [0.4, 0.5) is 20.2 Å². The summed E-state index contributed by atoms with van der Waals surface area (Å²) < 4.78 is 27.5. The second-order valence-electron chi connectivity index (χ2n) is 4.27. The number of hydrogen-bond donors (Lipinski definition) is 0. The number of anilines is 2. The van der Waals surface area contributed by atoms with Crippen molar-refractivity contribution < 1.29 is 8.78 Å². The maximum Gasteiger partial charge on any atom is 0.183 e. The van der Waals surface area contributed by atoms with Gasteiger partial charge in [-0.05, 0) is 36.8 Å². The number of halogens is 2. The van der Waals surface area contributed by atoms with Gasteiger partial charge in [-0.1, -0.05) is 12.1 Å². The zero-order chi connectivity index (χ0) is 14.0. The Kier molecular flexibility index (Phi) is 3.48. The largest absolute Gasteiger partial charge is 0.342 e. The lowest BCUT2D eigenvalue weighted by molar-refractivity contribution is 0.507. The van der Waals surface area contributed by atoms with Crippen LogP contribution in [0.25, 0.3) is 0 Å². The highest BCUT2D eigenvalue weighted by atomic mass is 19.2. The summed E-state index contributed by atoms with van der Waals surface area (Å²) in [5.74, 6) is -2.12. The van der Waals surface area contributed by atoms with Gasteiger partial charge in [-0.15, -0.1) is 0 Å². The Morgan fingerprint density at radius 2 is 1.84 bits per heavy atom. The van der Waals surface area contributed by atoms with Gasteiger partial charge in [-0.2, -0.15) is 5.26 Å². The molecule has 0 atom stereocenters. The highest BCUT2D eigenvalue weighted by molar-refractivity contribution is 5.64. The van der Waals surface area contributed by atoms with Crippen LogP contribution >= 0.6 is 0 Å². The highest BCUT2D eigenvalue weighted by Gasteiger charge is 2.16. The topological polar surface area (TPSA) is 27.0 Å². The molecule has 0 N–H and O–H groups in total. The van der Waals surface area contributed by atoms with E-state index in [2.05, 4.69) is 0 Å². The molecule has 4 heteroatoms. The van der Waals surface area contributed by atoms with Crippen LogP contribution in [0.1, 0.15) is 11.1 Å². The molecule has 19 heavy (non-hydrogen) atoms. The molecule has 0 aromatic heterocycles. The van der Waals surface area contributed by atoms with Gasteiger partial charge in [0.1, 0.15) is 6.07 Å². The average molecular weight is 258 g/mol. The van der Waals surface area contributed by atoms with Crippen molar-refractivity contribution in [3.8, 4) is 6.07 Å². The van der Waals surface area contributed by atoms with Gasteiger partial charge in [0.2, 0.25) is 0 Å². The van der Waals surface area contributed by atoms with Crippen LogP contribution in [-0.4, -0.2) is 7.05 Å². The Bertz CT molecular complexity index is 660. The maximum atomic E-state index is 13.9. The third kappa shape index (κ3) is 2.41. The third-order valence-electron chi connectivity index (χ3n) is 2.93. The van der Waals surface area contributed by atoms with Gasteiger partial charge in [0.25, 0.3) is 0 Å². The molecule has 2 aromatic carbocycles. The number of nitriles is 1. The maximum absolute atomic E-state index is 13.9. The minimum atomic E-state index is -1.11. The van der Waals surface area contributed by atoms with E-state index in [1.807, 2.05) is 31.2 Å². The van der Waals surface area contributed by atoms with E-state index in [9.17, 15) is 8.78 Å². The van der Waals surface area contributed by atoms with E-state index in [1.54, 1.807) is 18.0 Å². The summed E-state index contributed by atoms with van der Waals surface area (Å²) in [5.41, 5.74) is 1.59. The quantitative estimate of drug-likeness (QED) is 0.816. The molecule has 0 saturated carbocycles. The first-order valence-corrected chi connectivity index (χ1v) is 5.73. The molecule has 0 aliphatic rings. The fourth-order valence-corrected chi connectivity index (χ4v) is 1.86. The lowest BCUT2D eigenvalue weighted by Gasteiger charge is -2.20. The van der Waals surface area contributed by atoms with E-state index in [4.69, 9.17) is 5.26 Å². The van der Waals surface area contributed by atoms with Crippen LogP contribution in [0.3, 0.4) is 0 Å². The summed E-state index contributed by atoms with van der Waals surface area (Å²) in [4.78, 5) is 1.55. The molecule has 0 radical (unpaired) electrons. The summed E-state index contributed by atoms with van der Waals surface area (Å²) in [6, 6.07) is 11.7. The van der Waals surface area contributed by atoms with Crippen LogP contribution in [0, 0.1) is 29.9 Å². The van der Waals surface area contributed by atoms with E-state index in [-0.39, 0.29) is 11.3 Å². The predicted molar refractivity (Wildman–Crippen MR) is 70.3 cm³/mol. The first kappa shape index (κ1) is 13.0. The number of benzene rings is 2. The fraction of sp³-hybridized carbons (Fsp3) is 0.133. The molecule has 2 nitrogen and oxygen atoms in total. The van der Waals surface area contributed by atoms with Crippen LogP contribution in [0.15, 0.2) is 36.4 Å². The number of rotatable bonds is 2. The molecule has 0 amide bonds. The zero-order valence-corrected chi connectivity index (χ0v) is 10.6. The SMILES string of the molecule is Cc1cccc(N(C)c2ccc(C#N)c(F)c2F)c1. The normalized spacial score (nSPS) is 10.1. The van der Waals surface area contributed by atoms with E-state index in [1.165, 1.54) is 12.1 Å². The summed E-state index contributed by atoms with van der Waals surface area (Å²) >= 11 is 0. The molecule has 0 bridgehead atoms. The molecular formula is C15H12F2N2. The van der Waals surface area contributed by atoms with Crippen molar-refractivity contribution in [2.24, 2.45) is 0 Å².